The van der Waals surface area contributed by atoms with Crippen LogP contribution in [-0.4, -0.2) is 34.2 Å². The number of methoxy groups -OCH3 is 1. The maximum Gasteiger partial charge on any atom is 0.175 e. The molecule has 2 aromatic rings. The van der Waals surface area contributed by atoms with Gasteiger partial charge in [-0.3, -0.25) is 4.79 Å². The van der Waals surface area contributed by atoms with Crippen molar-refractivity contribution in [2.45, 2.75) is 24.8 Å². The van der Waals surface area contributed by atoms with Crippen LogP contribution < -0.4 is 14.8 Å². The first-order valence-electron chi connectivity index (χ1n) is 8.24. The molecule has 0 aromatic heterocycles. The number of nitrogens with one attached hydrogen (secondary N) is 1. The zero-order valence-electron chi connectivity index (χ0n) is 15.6. The van der Waals surface area contributed by atoms with Gasteiger partial charge in [-0.15, -0.1) is 0 Å². The van der Waals surface area contributed by atoms with Gasteiger partial charge in [0, 0.05) is 28.6 Å². The van der Waals surface area contributed by atoms with Crippen LogP contribution in [0.25, 0.3) is 0 Å². The van der Waals surface area contributed by atoms with Crippen molar-refractivity contribution in [2.75, 3.05) is 25.3 Å². The normalized spacial score (nSPS) is 12.3. The molecule has 0 saturated carbocycles. The molecule has 8 heteroatoms. The van der Waals surface area contributed by atoms with Gasteiger partial charge in [-0.2, -0.15) is 0 Å². The minimum atomic E-state index is -3.45. The van der Waals surface area contributed by atoms with Gasteiger partial charge in [-0.1, -0.05) is 17.7 Å². The van der Waals surface area contributed by atoms with E-state index in [2.05, 4.69) is 5.32 Å². The fraction of sp³-hybridized carbons (Fsp3) is 0.316. The van der Waals surface area contributed by atoms with Gasteiger partial charge in [-0.25, -0.2) is 8.42 Å². The molecule has 0 radical (unpaired) electrons. The summed E-state index contributed by atoms with van der Waals surface area (Å²) in [5.41, 5.74) is 1.05. The summed E-state index contributed by atoms with van der Waals surface area (Å²) in [6, 6.07) is 8.80. The molecule has 27 heavy (non-hydrogen) atoms. The lowest BCUT2D eigenvalue weighted by Crippen LogP contribution is -2.20. The summed E-state index contributed by atoms with van der Waals surface area (Å²) in [6.45, 7) is 3.69. The van der Waals surface area contributed by atoms with Crippen LogP contribution >= 0.6 is 11.6 Å². The Morgan fingerprint density at radius 2 is 1.93 bits per heavy atom. The van der Waals surface area contributed by atoms with Crippen molar-refractivity contribution in [3.8, 4) is 11.5 Å². The number of Topliss-reactive ketones (excluding diaryl/α,β-unsaturated/α-hetero) is 1. The highest BCUT2D eigenvalue weighted by molar-refractivity contribution is 7.90. The van der Waals surface area contributed by atoms with Crippen LogP contribution in [0.2, 0.25) is 5.02 Å². The molecule has 0 fully saturated rings. The monoisotopic (exact) mass is 411 g/mol. The van der Waals surface area contributed by atoms with Gasteiger partial charge < -0.3 is 14.8 Å². The van der Waals surface area contributed by atoms with E-state index in [0.717, 1.165) is 6.26 Å². The van der Waals surface area contributed by atoms with Gasteiger partial charge >= 0.3 is 0 Å². The molecule has 0 amide bonds. The first-order valence-corrected chi connectivity index (χ1v) is 10.5. The van der Waals surface area contributed by atoms with E-state index in [4.69, 9.17) is 21.1 Å². The summed E-state index contributed by atoms with van der Waals surface area (Å²) in [5.74, 6) is 0.690. The number of rotatable bonds is 8. The average molecular weight is 412 g/mol. The highest BCUT2D eigenvalue weighted by Gasteiger charge is 2.22. The fourth-order valence-corrected chi connectivity index (χ4v) is 3.41. The van der Waals surface area contributed by atoms with Gasteiger partial charge in [-0.05, 0) is 38.1 Å². The largest absolute Gasteiger partial charge is 0.497 e. The van der Waals surface area contributed by atoms with Crippen LogP contribution in [0.3, 0.4) is 0 Å². The van der Waals surface area contributed by atoms with Gasteiger partial charge in [0.25, 0.3) is 0 Å². The number of carbonyl (C=O) groups is 1. The second-order valence-electron chi connectivity index (χ2n) is 5.97. The minimum Gasteiger partial charge on any atom is -0.497 e. The predicted molar refractivity (Wildman–Crippen MR) is 106 cm³/mol. The zero-order valence-corrected chi connectivity index (χ0v) is 17.1. The summed E-state index contributed by atoms with van der Waals surface area (Å²) in [4.78, 5) is 12.4. The number of halogens is 1. The van der Waals surface area contributed by atoms with Crippen molar-refractivity contribution in [1.82, 2.24) is 0 Å². The van der Waals surface area contributed by atoms with Gasteiger partial charge in [0.1, 0.15) is 17.5 Å². The molecule has 1 atom stereocenters. The number of sulfone groups is 1. The van der Waals surface area contributed by atoms with Gasteiger partial charge in [0.15, 0.2) is 15.6 Å². The van der Waals surface area contributed by atoms with E-state index in [1.54, 1.807) is 24.3 Å². The molecule has 146 valence electrons. The van der Waals surface area contributed by atoms with Crippen LogP contribution in [0.15, 0.2) is 41.3 Å². The lowest BCUT2D eigenvalue weighted by molar-refractivity contribution is -0.117. The zero-order chi connectivity index (χ0) is 20.2. The lowest BCUT2D eigenvalue weighted by Gasteiger charge is -2.21. The number of ether oxygens (including phenoxy) is 2. The number of hydrogen-bond acceptors (Lipinski definition) is 6. The predicted octanol–water partition coefficient (Wildman–Crippen LogP) is 3.89. The SMILES string of the molecule is CCOc1cc(Cl)ccc1C(Nc1cc(OC)cc(S(C)(=O)=O)c1)C(C)=O. The minimum absolute atomic E-state index is 0.0905. The summed E-state index contributed by atoms with van der Waals surface area (Å²) >= 11 is 6.04. The third-order valence-electron chi connectivity index (χ3n) is 3.85. The van der Waals surface area contributed by atoms with Crippen LogP contribution in [0, 0.1) is 0 Å². The lowest BCUT2D eigenvalue weighted by atomic mass is 10.0. The Hall–Kier alpha value is -2.25. The summed E-state index contributed by atoms with van der Waals surface area (Å²) in [6.07, 6.45) is 1.11. The first kappa shape index (κ1) is 21.1. The molecule has 0 spiro atoms. The molecule has 2 rings (SSSR count). The molecule has 0 aliphatic rings. The van der Waals surface area contributed by atoms with Crippen LogP contribution in [0.4, 0.5) is 5.69 Å². The average Bonchev–Trinajstić information content (AvgIpc) is 2.59. The fourth-order valence-electron chi connectivity index (χ4n) is 2.58. The number of benzene rings is 2. The maximum absolute atomic E-state index is 12.3. The Kier molecular flexibility index (Phi) is 6.73. The smallest absolute Gasteiger partial charge is 0.175 e. The molecule has 0 heterocycles. The molecule has 0 aliphatic carbocycles. The molecular weight excluding hydrogens is 390 g/mol. The Morgan fingerprint density at radius 3 is 2.48 bits per heavy atom. The molecule has 1 unspecified atom stereocenters. The molecule has 1 N–H and O–H groups in total. The van der Waals surface area contributed by atoms with E-state index in [9.17, 15) is 13.2 Å². The first-order chi connectivity index (χ1) is 12.7. The van der Waals surface area contributed by atoms with Crippen LogP contribution in [0.1, 0.15) is 25.5 Å². The van der Waals surface area contributed by atoms with E-state index in [1.165, 1.54) is 26.2 Å². The molecule has 2 aromatic carbocycles. The Labute approximate surface area is 164 Å². The quantitative estimate of drug-likeness (QED) is 0.709. The second kappa shape index (κ2) is 8.63. The van der Waals surface area contributed by atoms with Crippen molar-refractivity contribution < 1.29 is 22.7 Å². The number of hydrogen-bond donors (Lipinski definition) is 1. The van der Waals surface area contributed by atoms with E-state index in [0.29, 0.717) is 34.4 Å². The Balaban J connectivity index is 2.51. The van der Waals surface area contributed by atoms with Crippen molar-refractivity contribution in [1.29, 1.82) is 0 Å². The van der Waals surface area contributed by atoms with Crippen LogP contribution in [-0.2, 0) is 14.6 Å². The molecule has 0 saturated heterocycles. The van der Waals surface area contributed by atoms with Crippen LogP contribution in [0.5, 0.6) is 11.5 Å². The van der Waals surface area contributed by atoms with E-state index in [1.807, 2.05) is 6.92 Å². The number of carbonyl (C=O) groups excluding carboxylic acids is 1. The van der Waals surface area contributed by atoms with E-state index >= 15 is 0 Å². The maximum atomic E-state index is 12.3. The molecule has 6 nitrogen and oxygen atoms in total. The number of anilines is 1. The molecular formula is C19H22ClNO5S. The summed E-state index contributed by atoms with van der Waals surface area (Å²) in [5, 5.41) is 3.57. The third kappa shape index (κ3) is 5.37. The van der Waals surface area contributed by atoms with Gasteiger partial charge in [0.2, 0.25) is 0 Å². The molecule has 0 bridgehead atoms. The molecule has 0 aliphatic heterocycles. The highest BCUT2D eigenvalue weighted by atomic mass is 35.5. The van der Waals surface area contributed by atoms with Crippen molar-refractivity contribution >= 4 is 32.9 Å². The third-order valence-corrected chi connectivity index (χ3v) is 5.17. The van der Waals surface area contributed by atoms with E-state index in [-0.39, 0.29) is 10.7 Å². The van der Waals surface area contributed by atoms with E-state index < -0.39 is 15.9 Å². The number of ketones is 1. The van der Waals surface area contributed by atoms with Crippen molar-refractivity contribution in [2.24, 2.45) is 0 Å². The topological polar surface area (TPSA) is 81.7 Å². The highest BCUT2D eigenvalue weighted by Crippen LogP contribution is 2.33. The second-order valence-corrected chi connectivity index (χ2v) is 8.42. The standard InChI is InChI=1S/C19H22ClNO5S/c1-5-26-18-8-13(20)6-7-17(18)19(12(2)22)21-14-9-15(25-3)11-16(10-14)27(4,23)24/h6-11,19,21H,5H2,1-4H3. The Morgan fingerprint density at radius 1 is 1.22 bits per heavy atom. The van der Waals surface area contributed by atoms with Gasteiger partial charge in [0.05, 0.1) is 18.6 Å². The summed E-state index contributed by atoms with van der Waals surface area (Å²) in [7, 11) is -2.00. The Bertz CT molecular complexity index is 943. The van der Waals surface area contributed by atoms with Crippen molar-refractivity contribution in [3.63, 3.8) is 0 Å². The summed E-state index contributed by atoms with van der Waals surface area (Å²) < 4.78 is 34.7. The van der Waals surface area contributed by atoms with Crippen molar-refractivity contribution in [3.05, 3.63) is 47.0 Å².